The zero-order valence-electron chi connectivity index (χ0n) is 13.9. The summed E-state index contributed by atoms with van der Waals surface area (Å²) < 4.78 is 5.46. The van der Waals surface area contributed by atoms with Crippen LogP contribution in [-0.2, 0) is 10.4 Å². The Balaban J connectivity index is 1.55. The van der Waals surface area contributed by atoms with Gasteiger partial charge in [0.05, 0.1) is 12.2 Å². The smallest absolute Gasteiger partial charge is 0.230 e. The molecule has 126 valence electrons. The molecule has 4 nitrogen and oxygen atoms in total. The quantitative estimate of drug-likeness (QED) is 0.941. The molecule has 3 unspecified atom stereocenters. The third-order valence-electron chi connectivity index (χ3n) is 5.67. The Hall–Kier alpha value is -2.07. The molecule has 1 amide bonds. The molecule has 1 N–H and O–H groups in total. The van der Waals surface area contributed by atoms with Gasteiger partial charge < -0.3 is 14.4 Å². The fraction of sp³-hybridized carbons (Fsp3) is 0.450. The summed E-state index contributed by atoms with van der Waals surface area (Å²) in [6, 6.07) is 13.8. The minimum absolute atomic E-state index is 0.0949. The average Bonchev–Trinajstić information content (AvgIpc) is 3.23. The van der Waals surface area contributed by atoms with Crippen LogP contribution in [0.3, 0.4) is 0 Å². The Kier molecular flexibility index (Phi) is 3.72. The fourth-order valence-corrected chi connectivity index (χ4v) is 4.44. The SMILES string of the molecule is CC(C(=O)N1C2CCC1CC(O)(c1ccco1)C2)c1ccccc1. The summed E-state index contributed by atoms with van der Waals surface area (Å²) in [5.41, 5.74) is 0.107. The molecule has 3 heterocycles. The first-order chi connectivity index (χ1) is 11.6. The Morgan fingerprint density at radius 2 is 1.83 bits per heavy atom. The van der Waals surface area contributed by atoms with Crippen LogP contribution >= 0.6 is 0 Å². The van der Waals surface area contributed by atoms with Gasteiger partial charge in [-0.1, -0.05) is 30.3 Å². The zero-order valence-corrected chi connectivity index (χ0v) is 13.9. The first kappa shape index (κ1) is 15.5. The predicted octanol–water partition coefficient (Wildman–Crippen LogP) is 3.42. The number of hydrogen-bond donors (Lipinski definition) is 1. The van der Waals surface area contributed by atoms with Crippen LogP contribution in [0.15, 0.2) is 53.1 Å². The topological polar surface area (TPSA) is 53.7 Å². The van der Waals surface area contributed by atoms with E-state index in [2.05, 4.69) is 0 Å². The Morgan fingerprint density at radius 1 is 1.17 bits per heavy atom. The molecule has 2 aliphatic rings. The molecule has 0 radical (unpaired) electrons. The average molecular weight is 325 g/mol. The van der Waals surface area contributed by atoms with Gasteiger partial charge in [0.2, 0.25) is 5.91 Å². The van der Waals surface area contributed by atoms with Gasteiger partial charge in [0, 0.05) is 24.9 Å². The summed E-state index contributed by atoms with van der Waals surface area (Å²) in [6.07, 6.45) is 4.64. The molecule has 3 atom stereocenters. The highest BCUT2D eigenvalue weighted by atomic mass is 16.4. The minimum Gasteiger partial charge on any atom is -0.466 e. The monoisotopic (exact) mass is 325 g/mol. The number of amides is 1. The van der Waals surface area contributed by atoms with Gasteiger partial charge in [0.25, 0.3) is 0 Å². The molecule has 0 saturated carbocycles. The second kappa shape index (κ2) is 5.78. The van der Waals surface area contributed by atoms with Gasteiger partial charge in [0.1, 0.15) is 11.4 Å². The van der Waals surface area contributed by atoms with E-state index in [0.29, 0.717) is 18.6 Å². The minimum atomic E-state index is -0.942. The van der Waals surface area contributed by atoms with Crippen molar-refractivity contribution in [3.8, 4) is 0 Å². The number of rotatable bonds is 3. The maximum atomic E-state index is 13.1. The fourth-order valence-electron chi connectivity index (χ4n) is 4.44. The van der Waals surface area contributed by atoms with Crippen LogP contribution in [0.25, 0.3) is 0 Å². The third kappa shape index (κ3) is 2.46. The van der Waals surface area contributed by atoms with Crippen LogP contribution in [0, 0.1) is 0 Å². The number of nitrogens with zero attached hydrogens (tertiary/aromatic N) is 1. The van der Waals surface area contributed by atoms with Gasteiger partial charge in [0.15, 0.2) is 0 Å². The summed E-state index contributed by atoms with van der Waals surface area (Å²) in [6.45, 7) is 1.98. The van der Waals surface area contributed by atoms with E-state index < -0.39 is 5.60 Å². The summed E-state index contributed by atoms with van der Waals surface area (Å²) in [5.74, 6) is 0.655. The number of piperidine rings is 1. The lowest BCUT2D eigenvalue weighted by atomic mass is 9.83. The van der Waals surface area contributed by atoms with E-state index in [9.17, 15) is 9.90 Å². The molecule has 2 fully saturated rings. The van der Waals surface area contributed by atoms with Crippen molar-refractivity contribution in [1.82, 2.24) is 4.90 Å². The predicted molar refractivity (Wildman–Crippen MR) is 90.4 cm³/mol. The number of fused-ring (bicyclic) bond motifs is 2. The Bertz CT molecular complexity index is 696. The first-order valence-electron chi connectivity index (χ1n) is 8.72. The van der Waals surface area contributed by atoms with Crippen molar-refractivity contribution in [3.63, 3.8) is 0 Å². The molecule has 0 spiro atoms. The van der Waals surface area contributed by atoms with E-state index in [1.807, 2.05) is 54.3 Å². The van der Waals surface area contributed by atoms with E-state index in [1.54, 1.807) is 6.26 Å². The van der Waals surface area contributed by atoms with Crippen molar-refractivity contribution in [2.24, 2.45) is 0 Å². The van der Waals surface area contributed by atoms with E-state index in [-0.39, 0.29) is 23.9 Å². The number of hydrogen-bond acceptors (Lipinski definition) is 3. The number of aliphatic hydroxyl groups is 1. The van der Waals surface area contributed by atoms with E-state index in [0.717, 1.165) is 18.4 Å². The third-order valence-corrected chi connectivity index (χ3v) is 5.67. The van der Waals surface area contributed by atoms with Crippen LogP contribution in [0.1, 0.15) is 49.8 Å². The lowest BCUT2D eigenvalue weighted by molar-refractivity contribution is -0.144. The van der Waals surface area contributed by atoms with E-state index in [1.165, 1.54) is 0 Å². The first-order valence-corrected chi connectivity index (χ1v) is 8.72. The number of furan rings is 1. The number of carbonyl (C=O) groups excluding carboxylic acids is 1. The van der Waals surface area contributed by atoms with Crippen molar-refractivity contribution >= 4 is 5.91 Å². The van der Waals surface area contributed by atoms with Crippen LogP contribution in [0.4, 0.5) is 0 Å². The normalized spacial score (nSPS) is 30.3. The number of benzene rings is 1. The number of carbonyl (C=O) groups is 1. The lowest BCUT2D eigenvalue weighted by Gasteiger charge is -2.43. The standard InChI is InChI=1S/C20H23NO3/c1-14(15-6-3-2-4-7-15)19(22)21-16-9-10-17(21)13-20(23,12-16)18-8-5-11-24-18/h2-8,11,14,16-17,23H,9-10,12-13H2,1H3. The maximum Gasteiger partial charge on any atom is 0.230 e. The Labute approximate surface area is 142 Å². The molecule has 2 aromatic rings. The van der Waals surface area contributed by atoms with Gasteiger partial charge in [-0.25, -0.2) is 0 Å². The maximum absolute atomic E-state index is 13.1. The highest BCUT2D eigenvalue weighted by Crippen LogP contribution is 2.46. The summed E-state index contributed by atoms with van der Waals surface area (Å²) in [4.78, 5) is 15.1. The van der Waals surface area contributed by atoms with E-state index >= 15 is 0 Å². The molecule has 4 rings (SSSR count). The van der Waals surface area contributed by atoms with Gasteiger partial charge >= 0.3 is 0 Å². The zero-order chi connectivity index (χ0) is 16.7. The summed E-state index contributed by atoms with van der Waals surface area (Å²) in [5, 5.41) is 11.0. The van der Waals surface area contributed by atoms with Gasteiger partial charge in [-0.3, -0.25) is 4.79 Å². The molecular formula is C20H23NO3. The van der Waals surface area contributed by atoms with Gasteiger partial charge in [-0.15, -0.1) is 0 Å². The van der Waals surface area contributed by atoms with Crippen molar-refractivity contribution in [2.45, 2.75) is 56.2 Å². The van der Waals surface area contributed by atoms with Crippen molar-refractivity contribution in [2.75, 3.05) is 0 Å². The second-order valence-corrected chi connectivity index (χ2v) is 7.18. The van der Waals surface area contributed by atoms with Gasteiger partial charge in [-0.05, 0) is 37.5 Å². The molecule has 4 heteroatoms. The lowest BCUT2D eigenvalue weighted by Crippen LogP contribution is -2.52. The summed E-state index contributed by atoms with van der Waals surface area (Å²) in [7, 11) is 0. The van der Waals surface area contributed by atoms with Crippen LogP contribution in [-0.4, -0.2) is 28.0 Å². The molecule has 2 bridgehead atoms. The Morgan fingerprint density at radius 3 is 2.42 bits per heavy atom. The molecule has 1 aromatic carbocycles. The molecule has 2 saturated heterocycles. The molecule has 0 aliphatic carbocycles. The second-order valence-electron chi connectivity index (χ2n) is 7.18. The molecule has 1 aromatic heterocycles. The molecular weight excluding hydrogens is 302 g/mol. The van der Waals surface area contributed by atoms with Crippen LogP contribution < -0.4 is 0 Å². The largest absolute Gasteiger partial charge is 0.466 e. The van der Waals surface area contributed by atoms with E-state index in [4.69, 9.17) is 4.42 Å². The molecule has 24 heavy (non-hydrogen) atoms. The van der Waals surface area contributed by atoms with Crippen LogP contribution in [0.5, 0.6) is 0 Å². The highest BCUT2D eigenvalue weighted by Gasteiger charge is 2.51. The van der Waals surface area contributed by atoms with Gasteiger partial charge in [-0.2, -0.15) is 0 Å². The molecule has 2 aliphatic heterocycles. The summed E-state index contributed by atoms with van der Waals surface area (Å²) >= 11 is 0. The van der Waals surface area contributed by atoms with Crippen LogP contribution in [0.2, 0.25) is 0 Å². The van der Waals surface area contributed by atoms with Crippen molar-refractivity contribution < 1.29 is 14.3 Å². The highest BCUT2D eigenvalue weighted by molar-refractivity contribution is 5.84. The van der Waals surface area contributed by atoms with Crippen molar-refractivity contribution in [3.05, 3.63) is 60.1 Å². The van der Waals surface area contributed by atoms with Crippen molar-refractivity contribution in [1.29, 1.82) is 0 Å².